The summed E-state index contributed by atoms with van der Waals surface area (Å²) in [5.74, 6) is 1.44. The van der Waals surface area contributed by atoms with Crippen LogP contribution < -0.4 is 4.74 Å². The molecule has 2 aliphatic carbocycles. The van der Waals surface area contributed by atoms with Gasteiger partial charge in [0.2, 0.25) is 5.91 Å². The molecule has 1 aromatic rings. The lowest BCUT2D eigenvalue weighted by Gasteiger charge is -2.40. The molecule has 4 rings (SSSR count). The Bertz CT molecular complexity index is 719. The van der Waals surface area contributed by atoms with Gasteiger partial charge in [0.15, 0.2) is 0 Å². The van der Waals surface area contributed by atoms with Crippen LogP contribution in [0.2, 0.25) is 0 Å². The molecule has 1 saturated heterocycles. The summed E-state index contributed by atoms with van der Waals surface area (Å²) in [4.78, 5) is 28.7. The van der Waals surface area contributed by atoms with Crippen LogP contribution in [0.15, 0.2) is 18.2 Å². The quantitative estimate of drug-likeness (QED) is 0.690. The Morgan fingerprint density at radius 1 is 1.00 bits per heavy atom. The van der Waals surface area contributed by atoms with Gasteiger partial charge in [0.1, 0.15) is 11.5 Å². The fourth-order valence-corrected chi connectivity index (χ4v) is 5.03. The zero-order chi connectivity index (χ0) is 20.1. The molecule has 0 bridgehead atoms. The molecule has 1 heterocycles. The summed E-state index contributed by atoms with van der Waals surface area (Å²) in [5.41, 5.74) is 2.37. The molecule has 0 unspecified atom stereocenters. The van der Waals surface area contributed by atoms with E-state index in [1.165, 1.54) is 37.7 Å². The van der Waals surface area contributed by atoms with E-state index in [0.717, 1.165) is 56.4 Å². The van der Waals surface area contributed by atoms with Crippen LogP contribution in [-0.4, -0.2) is 60.3 Å². The summed E-state index contributed by atoms with van der Waals surface area (Å²) in [6, 6.07) is 6.78. The fraction of sp³-hybridized carbons (Fsp3) is 0.667. The van der Waals surface area contributed by atoms with E-state index < -0.39 is 0 Å². The highest BCUT2D eigenvalue weighted by Crippen LogP contribution is 2.25. The van der Waals surface area contributed by atoms with E-state index >= 15 is 0 Å². The topological polar surface area (TPSA) is 49.9 Å². The monoisotopic (exact) mass is 398 g/mol. The van der Waals surface area contributed by atoms with Gasteiger partial charge in [-0.2, -0.15) is 0 Å². The second kappa shape index (κ2) is 9.75. The molecule has 0 radical (unpaired) electrons. The van der Waals surface area contributed by atoms with Gasteiger partial charge in [0, 0.05) is 51.5 Å². The molecule has 2 fully saturated rings. The number of piperazine rings is 1. The molecule has 29 heavy (non-hydrogen) atoms. The van der Waals surface area contributed by atoms with Gasteiger partial charge in [-0.3, -0.25) is 14.5 Å². The maximum absolute atomic E-state index is 12.5. The van der Waals surface area contributed by atoms with E-state index in [0.29, 0.717) is 31.7 Å². The zero-order valence-electron chi connectivity index (χ0n) is 17.5. The number of aryl methyl sites for hydroxylation is 1. The molecule has 5 nitrogen and oxygen atoms in total. The highest BCUT2D eigenvalue weighted by atomic mass is 16.5. The summed E-state index contributed by atoms with van der Waals surface area (Å²) < 4.78 is 5.87. The molecule has 1 saturated carbocycles. The minimum absolute atomic E-state index is 0.265. The number of benzene rings is 1. The van der Waals surface area contributed by atoms with E-state index in [9.17, 15) is 9.59 Å². The second-order valence-corrected chi connectivity index (χ2v) is 8.81. The lowest BCUT2D eigenvalue weighted by molar-refractivity contribution is -0.133. The van der Waals surface area contributed by atoms with Gasteiger partial charge >= 0.3 is 0 Å². The van der Waals surface area contributed by atoms with E-state index in [2.05, 4.69) is 11.0 Å². The number of ketones is 1. The Hall–Kier alpha value is -1.88. The molecule has 5 heteroatoms. The first-order chi connectivity index (χ1) is 14.2. The Morgan fingerprint density at radius 3 is 2.59 bits per heavy atom. The molecule has 0 N–H and O–H groups in total. The van der Waals surface area contributed by atoms with Crippen molar-refractivity contribution in [1.82, 2.24) is 9.80 Å². The number of Topliss-reactive ketones (excluding diaryl/α,β-unsaturated/α-hetero) is 1. The summed E-state index contributed by atoms with van der Waals surface area (Å²) in [6.07, 6.45) is 10.1. The number of hydrogen-bond donors (Lipinski definition) is 0. The van der Waals surface area contributed by atoms with Crippen LogP contribution in [0.1, 0.15) is 62.5 Å². The van der Waals surface area contributed by atoms with Crippen LogP contribution in [0.5, 0.6) is 5.75 Å². The lowest BCUT2D eigenvalue weighted by atomic mass is 9.91. The third kappa shape index (κ3) is 5.39. The van der Waals surface area contributed by atoms with Crippen molar-refractivity contribution in [1.29, 1.82) is 0 Å². The average molecular weight is 399 g/mol. The average Bonchev–Trinajstić information content (AvgIpc) is 2.77. The van der Waals surface area contributed by atoms with Gasteiger partial charge in [-0.05, 0) is 48.9 Å². The van der Waals surface area contributed by atoms with Crippen molar-refractivity contribution in [3.05, 3.63) is 29.3 Å². The SMILES string of the molecule is O=C1CCc2cc(OCCCC(=O)N3CCN(C4CCCCC4)CC3)ccc2C1. The molecule has 1 aromatic carbocycles. The van der Waals surface area contributed by atoms with E-state index in [4.69, 9.17) is 4.74 Å². The Balaban J connectivity index is 1.15. The first-order valence-electron chi connectivity index (χ1n) is 11.5. The number of amides is 1. The molecule has 1 amide bonds. The summed E-state index contributed by atoms with van der Waals surface area (Å²) in [7, 11) is 0. The van der Waals surface area contributed by atoms with Crippen molar-refractivity contribution in [3.8, 4) is 5.75 Å². The van der Waals surface area contributed by atoms with Crippen LogP contribution in [0.25, 0.3) is 0 Å². The number of nitrogens with zero attached hydrogens (tertiary/aromatic N) is 2. The van der Waals surface area contributed by atoms with E-state index in [-0.39, 0.29) is 5.91 Å². The second-order valence-electron chi connectivity index (χ2n) is 8.81. The summed E-state index contributed by atoms with van der Waals surface area (Å²) >= 11 is 0. The third-order valence-corrected chi connectivity index (χ3v) is 6.80. The molecular weight excluding hydrogens is 364 g/mol. The predicted octanol–water partition coefficient (Wildman–Crippen LogP) is 3.38. The number of fused-ring (bicyclic) bond motifs is 1. The maximum Gasteiger partial charge on any atom is 0.222 e. The highest BCUT2D eigenvalue weighted by molar-refractivity contribution is 5.83. The first kappa shape index (κ1) is 20.4. The predicted molar refractivity (Wildman–Crippen MR) is 113 cm³/mol. The molecule has 0 spiro atoms. The van der Waals surface area contributed by atoms with Crippen molar-refractivity contribution in [3.63, 3.8) is 0 Å². The number of carbonyl (C=O) groups excluding carboxylic acids is 2. The van der Waals surface area contributed by atoms with Crippen LogP contribution in [0.3, 0.4) is 0 Å². The highest BCUT2D eigenvalue weighted by Gasteiger charge is 2.26. The Labute approximate surface area is 174 Å². The fourth-order valence-electron chi connectivity index (χ4n) is 5.03. The van der Waals surface area contributed by atoms with Gasteiger partial charge in [0.25, 0.3) is 0 Å². The van der Waals surface area contributed by atoms with Crippen molar-refractivity contribution in [2.45, 2.75) is 70.3 Å². The van der Waals surface area contributed by atoms with Gasteiger partial charge in [-0.1, -0.05) is 25.3 Å². The zero-order valence-corrected chi connectivity index (χ0v) is 17.5. The van der Waals surface area contributed by atoms with Gasteiger partial charge in [-0.15, -0.1) is 0 Å². The molecular formula is C24H34N2O3. The lowest BCUT2D eigenvalue weighted by Crippen LogP contribution is -2.52. The number of rotatable bonds is 6. The minimum atomic E-state index is 0.265. The normalized spacial score (nSPS) is 21.1. The van der Waals surface area contributed by atoms with Gasteiger partial charge < -0.3 is 9.64 Å². The minimum Gasteiger partial charge on any atom is -0.494 e. The molecule has 158 valence electrons. The van der Waals surface area contributed by atoms with Crippen molar-refractivity contribution >= 4 is 11.7 Å². The van der Waals surface area contributed by atoms with Crippen molar-refractivity contribution < 1.29 is 14.3 Å². The van der Waals surface area contributed by atoms with Gasteiger partial charge in [0.05, 0.1) is 6.61 Å². The number of carbonyl (C=O) groups is 2. The smallest absolute Gasteiger partial charge is 0.222 e. The van der Waals surface area contributed by atoms with Crippen LogP contribution in [0.4, 0.5) is 0 Å². The summed E-state index contributed by atoms with van der Waals surface area (Å²) in [6.45, 7) is 4.38. The molecule has 3 aliphatic rings. The maximum atomic E-state index is 12.5. The Morgan fingerprint density at radius 2 is 1.79 bits per heavy atom. The number of ether oxygens (including phenoxy) is 1. The van der Waals surface area contributed by atoms with E-state index in [1.807, 2.05) is 17.0 Å². The van der Waals surface area contributed by atoms with Crippen molar-refractivity contribution in [2.75, 3.05) is 32.8 Å². The third-order valence-electron chi connectivity index (χ3n) is 6.80. The summed E-state index contributed by atoms with van der Waals surface area (Å²) in [5, 5.41) is 0. The van der Waals surface area contributed by atoms with E-state index in [1.54, 1.807) is 0 Å². The largest absolute Gasteiger partial charge is 0.494 e. The first-order valence-corrected chi connectivity index (χ1v) is 11.5. The molecule has 0 aromatic heterocycles. The van der Waals surface area contributed by atoms with Crippen LogP contribution >= 0.6 is 0 Å². The molecule has 0 atom stereocenters. The number of hydrogen-bond acceptors (Lipinski definition) is 4. The Kier molecular flexibility index (Phi) is 6.86. The standard InChI is InChI=1S/C24H34N2O3/c27-22-10-8-20-18-23(11-9-19(20)17-22)29-16-4-7-24(28)26-14-12-25(13-15-26)21-5-2-1-3-6-21/h9,11,18,21H,1-8,10,12-17H2. The van der Waals surface area contributed by atoms with Gasteiger partial charge in [-0.25, -0.2) is 0 Å². The van der Waals surface area contributed by atoms with Crippen LogP contribution in [-0.2, 0) is 22.4 Å². The van der Waals surface area contributed by atoms with Crippen LogP contribution in [0, 0.1) is 0 Å². The van der Waals surface area contributed by atoms with Crippen molar-refractivity contribution in [2.24, 2.45) is 0 Å². The molecule has 1 aliphatic heterocycles.